The van der Waals surface area contributed by atoms with E-state index in [1.54, 1.807) is 0 Å². The molecule has 0 fully saturated rings. The normalized spacial score (nSPS) is 5.14. The highest BCUT2D eigenvalue weighted by molar-refractivity contribution is 5.48. The maximum atomic E-state index is 8.33. The van der Waals surface area contributed by atoms with Crippen LogP contribution in [0.1, 0.15) is 0 Å². The molecule has 14 heavy (non-hydrogen) atoms. The Kier molecular flexibility index (Phi) is 48.6. The third-order valence-electron chi connectivity index (χ3n) is 0. The second kappa shape index (κ2) is 22.5. The van der Waals surface area contributed by atoms with Crippen molar-refractivity contribution in [2.24, 2.45) is 0 Å². The Hall–Kier alpha value is -2.77. The molecule has 0 atom stereocenters. The van der Waals surface area contributed by atoms with Crippen LogP contribution in [0, 0.1) is 0 Å². The van der Waals surface area contributed by atoms with Gasteiger partial charge in [0, 0.05) is 0 Å². The summed E-state index contributed by atoms with van der Waals surface area (Å²) in [6.07, 6.45) is -7.00. The van der Waals surface area contributed by atoms with Crippen LogP contribution in [0.3, 0.4) is 0 Å². The molecule has 11 nitrogen and oxygen atoms in total. The second-order valence-electron chi connectivity index (χ2n) is 0.750. The average Bonchev–Trinajstić information content (AvgIpc) is 1.54. The van der Waals surface area contributed by atoms with Crippen LogP contribution in [0.5, 0.6) is 0 Å². The molecule has 0 saturated heterocycles. The van der Waals surface area contributed by atoms with E-state index < -0.39 is 18.5 Å². The molecule has 0 bridgehead atoms. The molecule has 0 aliphatic heterocycles. The fraction of sp³-hybridized carbons (Fsp3) is 0. The Morgan fingerprint density at radius 3 is 0.500 bits per heavy atom. The number of hydrogen-bond acceptors (Lipinski definition) is 9. The molecule has 11 heteroatoms. The van der Waals surface area contributed by atoms with Gasteiger partial charge in [-0.2, -0.15) is 0 Å². The van der Waals surface area contributed by atoms with E-state index in [1.165, 1.54) is 0 Å². The lowest BCUT2D eigenvalue weighted by Crippen LogP contribution is -2.37. The van der Waals surface area contributed by atoms with Gasteiger partial charge in [-0.05, 0) is 18.5 Å². The average molecular weight is 208 g/mol. The van der Waals surface area contributed by atoms with E-state index >= 15 is 0 Å². The van der Waals surface area contributed by atoms with Crippen molar-refractivity contribution in [3.8, 4) is 0 Å². The molecule has 0 amide bonds. The Morgan fingerprint density at radius 1 is 0.500 bits per heavy atom. The maximum Gasteiger partial charge on any atom is 3.00 e. The molecule has 76 valence electrons. The fourth-order valence-electron chi connectivity index (χ4n) is 0. The van der Waals surface area contributed by atoms with Crippen LogP contribution in [0.25, 0.3) is 0 Å². The topological polar surface area (TPSA) is 251 Å². The molecule has 0 unspecified atom stereocenters. The van der Waals surface area contributed by atoms with Gasteiger partial charge in [0.05, 0.1) is 0 Å². The fourth-order valence-corrected chi connectivity index (χ4v) is 0. The first kappa shape index (κ1) is 30.3. The number of carbonyl (C=O) groups excluding carboxylic acids is 3. The molecular weight excluding hydrogens is 208 g/mol. The molecule has 0 aliphatic rings. The van der Waals surface area contributed by atoms with Gasteiger partial charge >= 0.3 is 12.3 Å². The number of carbonyl (C=O) groups is 3. The first-order chi connectivity index (χ1) is 5.20. The molecule has 0 aromatic carbocycles. The summed E-state index contributed by atoms with van der Waals surface area (Å²) in [7, 11) is 0. The first-order valence-electron chi connectivity index (χ1n) is 1.84. The molecule has 0 aliphatic carbocycles. The summed E-state index contributed by atoms with van der Waals surface area (Å²) in [6.45, 7) is 0. The molecule has 0 aromatic rings. The van der Waals surface area contributed by atoms with Crippen LogP contribution in [-0.4, -0.2) is 18.5 Å². The number of carboxylic acid groups (broad SMARTS) is 6. The second-order valence-corrected chi connectivity index (χ2v) is 0.750. The smallest absolute Gasteiger partial charge is 0.652 e. The standard InChI is InChI=1S/3CH2O3.2N/c3*2-1(3)4;;/h3*(H2,2,3,4);;/q;;;2*+3/p-6. The van der Waals surface area contributed by atoms with E-state index in [-0.39, 0.29) is 12.3 Å². The highest BCUT2D eigenvalue weighted by Gasteiger charge is 3.00. The molecule has 0 heterocycles. The quantitative estimate of drug-likeness (QED) is 0.365. The molecular formula is C3N2O9. The Bertz CT molecular complexity index is 116. The molecule has 0 aromatic heterocycles. The zero-order valence-electron chi connectivity index (χ0n) is 6.07. The lowest BCUT2D eigenvalue weighted by atomic mass is 11.5. The largest absolute Gasteiger partial charge is 3.00 e. The monoisotopic (exact) mass is 208 g/mol. The zero-order chi connectivity index (χ0) is 10.7. The minimum Gasteiger partial charge on any atom is -0.652 e. The van der Waals surface area contributed by atoms with Crippen molar-refractivity contribution in [3.63, 3.8) is 0 Å². The van der Waals surface area contributed by atoms with Crippen LogP contribution in [-0.2, 0) is 0 Å². The predicted octanol–water partition coefficient (Wildman–Crippen LogP) is -8.30. The van der Waals surface area contributed by atoms with Gasteiger partial charge < -0.3 is 45.0 Å². The van der Waals surface area contributed by atoms with Crippen molar-refractivity contribution >= 4 is 18.5 Å². The number of hydrogen-bond donors (Lipinski definition) is 0. The predicted molar refractivity (Wildman–Crippen MR) is 20.5 cm³/mol. The maximum absolute atomic E-state index is 8.33. The van der Waals surface area contributed by atoms with Gasteiger partial charge in [0.15, 0.2) is 0 Å². The van der Waals surface area contributed by atoms with E-state index in [9.17, 15) is 0 Å². The Morgan fingerprint density at radius 2 is 0.500 bits per heavy atom. The Balaban J connectivity index is -0.0000000270. The third kappa shape index (κ3) is 81.5. The SMILES string of the molecule is O=C([O-])[O-].O=C([O-])[O-].O=C([O-])[O-].[N+3].[N+3]. The summed E-state index contributed by atoms with van der Waals surface area (Å²) in [5.74, 6) is 0. The minimum atomic E-state index is -2.33. The van der Waals surface area contributed by atoms with Crippen molar-refractivity contribution < 1.29 is 45.0 Å². The summed E-state index contributed by atoms with van der Waals surface area (Å²) in [6, 6.07) is 0. The lowest BCUT2D eigenvalue weighted by Gasteiger charge is -1.96. The minimum absolute atomic E-state index is 0. The summed E-state index contributed by atoms with van der Waals surface area (Å²) in [5.41, 5.74) is 0. The van der Waals surface area contributed by atoms with Gasteiger partial charge in [-0.3, -0.25) is 0 Å². The number of nitrogens with zero attached hydrogens (tertiary/aromatic N) is 2. The summed E-state index contributed by atoms with van der Waals surface area (Å²) in [4.78, 5) is 25.0. The summed E-state index contributed by atoms with van der Waals surface area (Å²) >= 11 is 0. The van der Waals surface area contributed by atoms with Crippen LogP contribution in [0.4, 0.5) is 14.4 Å². The van der Waals surface area contributed by atoms with Gasteiger partial charge in [0.2, 0.25) is 0 Å². The van der Waals surface area contributed by atoms with Gasteiger partial charge in [0.25, 0.3) is 0 Å². The van der Waals surface area contributed by atoms with E-state index in [4.69, 9.17) is 45.0 Å². The van der Waals surface area contributed by atoms with Crippen molar-refractivity contribution in [3.05, 3.63) is 0 Å². The highest BCUT2D eigenvalue weighted by Crippen LogP contribution is 1.21. The van der Waals surface area contributed by atoms with Crippen LogP contribution in [0.15, 0.2) is 0 Å². The van der Waals surface area contributed by atoms with Crippen LogP contribution < -0.4 is 42.9 Å². The molecule has 0 N–H and O–H groups in total. The number of rotatable bonds is 0. The van der Waals surface area contributed by atoms with Crippen LogP contribution >= 0.6 is 0 Å². The lowest BCUT2D eigenvalue weighted by molar-refractivity contribution is -0.417. The molecule has 0 saturated carbocycles. The van der Waals surface area contributed by atoms with Gasteiger partial charge in [-0.25, -0.2) is 0 Å². The first-order valence-corrected chi connectivity index (χ1v) is 1.84. The third-order valence-corrected chi connectivity index (χ3v) is 0. The Labute approximate surface area is 77.0 Å². The summed E-state index contributed by atoms with van der Waals surface area (Å²) < 4.78 is 0. The van der Waals surface area contributed by atoms with Gasteiger partial charge in [0.1, 0.15) is 0 Å². The van der Waals surface area contributed by atoms with Crippen molar-refractivity contribution in [1.82, 2.24) is 12.3 Å². The molecule has 4 radical (unpaired) electrons. The summed E-state index contributed by atoms with van der Waals surface area (Å²) in [5, 5.41) is 50.0. The van der Waals surface area contributed by atoms with E-state index in [2.05, 4.69) is 0 Å². The van der Waals surface area contributed by atoms with Crippen LogP contribution in [0.2, 0.25) is 0 Å². The highest BCUT2D eigenvalue weighted by atomic mass is 16.6. The molecule has 0 rings (SSSR count). The zero-order valence-corrected chi connectivity index (χ0v) is 6.07. The van der Waals surface area contributed by atoms with Gasteiger partial charge in [-0.15, -0.1) is 0 Å². The molecule has 0 spiro atoms. The van der Waals surface area contributed by atoms with Crippen molar-refractivity contribution in [2.75, 3.05) is 0 Å². The van der Waals surface area contributed by atoms with Crippen molar-refractivity contribution in [1.29, 1.82) is 0 Å². The van der Waals surface area contributed by atoms with E-state index in [0.717, 1.165) is 0 Å². The van der Waals surface area contributed by atoms with E-state index in [1.807, 2.05) is 0 Å². The van der Waals surface area contributed by atoms with Crippen molar-refractivity contribution in [2.45, 2.75) is 0 Å². The van der Waals surface area contributed by atoms with E-state index in [0.29, 0.717) is 0 Å². The van der Waals surface area contributed by atoms with Gasteiger partial charge in [-0.1, -0.05) is 0 Å².